The van der Waals surface area contributed by atoms with Gasteiger partial charge in [-0.3, -0.25) is 4.79 Å². The Kier molecular flexibility index (Phi) is 16.3. The molecule has 2 rings (SSSR count). The lowest BCUT2D eigenvalue weighted by Crippen LogP contribution is -2.40. The molecule has 0 heterocycles. The van der Waals surface area contributed by atoms with E-state index < -0.39 is 50.2 Å². The average molecular weight is 675 g/mol. The number of unbranched alkanes of at least 4 members (excludes halogenated alkanes) is 11. The number of hydrogen-bond acceptors (Lipinski definition) is 5. The van der Waals surface area contributed by atoms with Crippen LogP contribution in [0.25, 0.3) is 0 Å². The Hall–Kier alpha value is -2.56. The molecule has 2 aromatic carbocycles. The molecule has 0 radical (unpaired) electrons. The van der Waals surface area contributed by atoms with Crippen LogP contribution < -0.4 is 16.0 Å². The lowest BCUT2D eigenvalue weighted by molar-refractivity contribution is -0.116. The standard InChI is InChI=1S/C32H46Cl2FN3O5S/c1-4-5-6-7-8-9-10-11-12-13-14-15-18-44(42,43)30(22(2)3)31(40)37-27-21-29(39)28(20-26(27)35)38-32(41)36-23-16-17-24(33)25(34)19-23/h16-17,19-22,30,39H,4-15,18H2,1-3H3,(H,37,40)(H2,36,38,41). The molecule has 1 atom stereocenters. The summed E-state index contributed by atoms with van der Waals surface area (Å²) in [5, 5.41) is 16.6. The van der Waals surface area contributed by atoms with Gasteiger partial charge in [0.05, 0.1) is 27.2 Å². The van der Waals surface area contributed by atoms with Gasteiger partial charge in [0.2, 0.25) is 5.91 Å². The van der Waals surface area contributed by atoms with Crippen LogP contribution in [0, 0.1) is 11.7 Å². The van der Waals surface area contributed by atoms with Crippen LogP contribution in [0.1, 0.15) is 97.8 Å². The number of carbonyl (C=O) groups is 2. The molecule has 0 aliphatic rings. The maximum absolute atomic E-state index is 14.9. The Balaban J connectivity index is 1.88. The smallest absolute Gasteiger partial charge is 0.323 e. The van der Waals surface area contributed by atoms with Crippen molar-refractivity contribution in [3.05, 3.63) is 46.2 Å². The van der Waals surface area contributed by atoms with E-state index >= 15 is 0 Å². The van der Waals surface area contributed by atoms with E-state index in [0.717, 1.165) is 37.8 Å². The summed E-state index contributed by atoms with van der Waals surface area (Å²) in [4.78, 5) is 25.4. The van der Waals surface area contributed by atoms with Gasteiger partial charge < -0.3 is 21.1 Å². The lowest BCUT2D eigenvalue weighted by Gasteiger charge is -2.21. The van der Waals surface area contributed by atoms with E-state index in [1.54, 1.807) is 13.8 Å². The highest BCUT2D eigenvalue weighted by Gasteiger charge is 2.35. The van der Waals surface area contributed by atoms with Crippen molar-refractivity contribution < 1.29 is 27.5 Å². The summed E-state index contributed by atoms with van der Waals surface area (Å²) < 4.78 is 41.2. The number of hydrogen-bond donors (Lipinski definition) is 4. The first-order valence-electron chi connectivity index (χ1n) is 15.4. The zero-order valence-electron chi connectivity index (χ0n) is 25.9. The number of urea groups is 1. The number of carbonyl (C=O) groups excluding carboxylic acids is 2. The summed E-state index contributed by atoms with van der Waals surface area (Å²) in [5.41, 5.74) is -0.364. The number of phenols is 1. The Morgan fingerprint density at radius 2 is 1.36 bits per heavy atom. The van der Waals surface area contributed by atoms with Crippen LogP contribution in [0.2, 0.25) is 10.0 Å². The van der Waals surface area contributed by atoms with Gasteiger partial charge in [-0.15, -0.1) is 0 Å². The van der Waals surface area contributed by atoms with Gasteiger partial charge in [0, 0.05) is 17.8 Å². The van der Waals surface area contributed by atoms with Crippen molar-refractivity contribution in [2.24, 2.45) is 5.92 Å². The van der Waals surface area contributed by atoms with E-state index in [2.05, 4.69) is 22.9 Å². The number of sulfone groups is 1. The van der Waals surface area contributed by atoms with E-state index in [1.165, 1.54) is 63.1 Å². The number of rotatable bonds is 19. The minimum absolute atomic E-state index is 0.134. The number of anilines is 3. The van der Waals surface area contributed by atoms with Gasteiger partial charge in [-0.2, -0.15) is 0 Å². The molecule has 1 unspecified atom stereocenters. The Labute approximate surface area is 271 Å². The number of nitrogens with one attached hydrogen (secondary N) is 3. The van der Waals surface area contributed by atoms with Gasteiger partial charge in [0.25, 0.3) is 0 Å². The molecule has 0 saturated heterocycles. The molecule has 12 heteroatoms. The van der Waals surface area contributed by atoms with Crippen LogP contribution in [0.15, 0.2) is 30.3 Å². The van der Waals surface area contributed by atoms with Crippen molar-refractivity contribution >= 4 is 62.0 Å². The fourth-order valence-electron chi connectivity index (χ4n) is 4.97. The first-order valence-corrected chi connectivity index (χ1v) is 17.9. The van der Waals surface area contributed by atoms with E-state index in [4.69, 9.17) is 23.2 Å². The molecule has 3 amide bonds. The molecule has 0 spiro atoms. The third-order valence-corrected chi connectivity index (χ3v) is 10.4. The van der Waals surface area contributed by atoms with Crippen molar-refractivity contribution in [3.63, 3.8) is 0 Å². The predicted octanol–water partition coefficient (Wildman–Crippen LogP) is 9.56. The monoisotopic (exact) mass is 673 g/mol. The summed E-state index contributed by atoms with van der Waals surface area (Å²) in [7, 11) is -3.82. The van der Waals surface area contributed by atoms with Crippen LogP contribution in [0.3, 0.4) is 0 Å². The maximum Gasteiger partial charge on any atom is 0.323 e. The van der Waals surface area contributed by atoms with Crippen LogP contribution >= 0.6 is 23.2 Å². The molecule has 4 N–H and O–H groups in total. The third kappa shape index (κ3) is 12.8. The molecule has 2 aromatic rings. The van der Waals surface area contributed by atoms with Gasteiger partial charge in [-0.1, -0.05) is 115 Å². The molecule has 0 aliphatic carbocycles. The van der Waals surface area contributed by atoms with E-state index in [-0.39, 0.29) is 16.5 Å². The van der Waals surface area contributed by atoms with Gasteiger partial charge in [-0.05, 0) is 30.5 Å². The van der Waals surface area contributed by atoms with Crippen molar-refractivity contribution in [2.75, 3.05) is 21.7 Å². The lowest BCUT2D eigenvalue weighted by atomic mass is 10.1. The number of amides is 3. The fourth-order valence-corrected chi connectivity index (χ4v) is 7.34. The summed E-state index contributed by atoms with van der Waals surface area (Å²) in [6.45, 7) is 5.46. The molecule has 0 aromatic heterocycles. The molecule has 246 valence electrons. The topological polar surface area (TPSA) is 125 Å². The Bertz CT molecular complexity index is 1340. The highest BCUT2D eigenvalue weighted by molar-refractivity contribution is 7.92. The quantitative estimate of drug-likeness (QED) is 0.0873. The Morgan fingerprint density at radius 3 is 1.91 bits per heavy atom. The average Bonchev–Trinajstić information content (AvgIpc) is 2.93. The zero-order chi connectivity index (χ0) is 32.7. The van der Waals surface area contributed by atoms with Gasteiger partial charge in [-0.25, -0.2) is 17.6 Å². The second-order valence-corrected chi connectivity index (χ2v) is 14.5. The maximum atomic E-state index is 14.9. The second kappa shape index (κ2) is 19.1. The van der Waals surface area contributed by atoms with Crippen LogP contribution in [-0.4, -0.2) is 36.5 Å². The first-order chi connectivity index (χ1) is 20.9. The number of aromatic hydroxyl groups is 1. The highest BCUT2D eigenvalue weighted by atomic mass is 35.5. The van der Waals surface area contributed by atoms with E-state index in [1.807, 2.05) is 0 Å². The van der Waals surface area contributed by atoms with Gasteiger partial charge in [0.1, 0.15) is 16.8 Å². The highest BCUT2D eigenvalue weighted by Crippen LogP contribution is 2.31. The largest absolute Gasteiger partial charge is 0.506 e. The predicted molar refractivity (Wildman–Crippen MR) is 179 cm³/mol. The zero-order valence-corrected chi connectivity index (χ0v) is 28.2. The summed E-state index contributed by atoms with van der Waals surface area (Å²) >= 11 is 11.8. The number of benzene rings is 2. The molecular formula is C32H46Cl2FN3O5S. The second-order valence-electron chi connectivity index (χ2n) is 11.5. The molecule has 0 aliphatic heterocycles. The number of halogens is 3. The molecule has 44 heavy (non-hydrogen) atoms. The van der Waals surface area contributed by atoms with Gasteiger partial charge in [0.15, 0.2) is 9.84 Å². The molecular weight excluding hydrogens is 628 g/mol. The molecule has 0 fully saturated rings. The number of phenolic OH excluding ortho intramolecular Hbond substituents is 1. The van der Waals surface area contributed by atoms with Crippen molar-refractivity contribution in [1.29, 1.82) is 0 Å². The molecule has 0 saturated carbocycles. The van der Waals surface area contributed by atoms with Crippen molar-refractivity contribution in [3.8, 4) is 5.75 Å². The first kappa shape index (κ1) is 37.6. The molecule has 0 bridgehead atoms. The summed E-state index contributed by atoms with van der Waals surface area (Å²) in [6, 6.07) is 5.35. The SMILES string of the molecule is CCCCCCCCCCCCCCS(=O)(=O)C(C(=O)Nc1cc(O)c(NC(=O)Nc2ccc(Cl)c(Cl)c2)cc1F)C(C)C. The Morgan fingerprint density at radius 1 is 0.795 bits per heavy atom. The normalized spacial score (nSPS) is 12.2. The minimum atomic E-state index is -3.82. The van der Waals surface area contributed by atoms with Crippen LogP contribution in [0.5, 0.6) is 5.75 Å². The third-order valence-electron chi connectivity index (χ3n) is 7.30. The summed E-state index contributed by atoms with van der Waals surface area (Å²) in [5.74, 6) is -3.07. The fraction of sp³-hybridized carbons (Fsp3) is 0.562. The summed E-state index contributed by atoms with van der Waals surface area (Å²) in [6.07, 6.45) is 13.3. The van der Waals surface area contributed by atoms with Crippen LogP contribution in [0.4, 0.5) is 26.2 Å². The molecule has 8 nitrogen and oxygen atoms in total. The van der Waals surface area contributed by atoms with E-state index in [0.29, 0.717) is 17.1 Å². The van der Waals surface area contributed by atoms with Gasteiger partial charge >= 0.3 is 6.03 Å². The van der Waals surface area contributed by atoms with Crippen molar-refractivity contribution in [2.45, 2.75) is 103 Å². The van der Waals surface area contributed by atoms with Crippen LogP contribution in [-0.2, 0) is 14.6 Å². The van der Waals surface area contributed by atoms with Crippen molar-refractivity contribution in [1.82, 2.24) is 0 Å². The minimum Gasteiger partial charge on any atom is -0.506 e. The van der Waals surface area contributed by atoms with E-state index in [9.17, 15) is 27.5 Å².